The Bertz CT molecular complexity index is 494. The van der Waals surface area contributed by atoms with Crippen LogP contribution in [0.2, 0.25) is 0 Å². The molecule has 0 spiro atoms. The zero-order chi connectivity index (χ0) is 29.5. The maximum absolute atomic E-state index is 6.57. The summed E-state index contributed by atoms with van der Waals surface area (Å²) in [5, 5.41) is 0. The molecule has 3 nitrogen and oxygen atoms in total. The van der Waals surface area contributed by atoms with Crippen LogP contribution in [0.1, 0.15) is 136 Å². The van der Waals surface area contributed by atoms with Gasteiger partial charge >= 0.3 is 0 Å². The van der Waals surface area contributed by atoms with Gasteiger partial charge in [-0.25, -0.2) is 0 Å². The van der Waals surface area contributed by atoms with Crippen molar-refractivity contribution in [2.45, 2.75) is 148 Å². The molecule has 1 unspecified atom stereocenters. The summed E-state index contributed by atoms with van der Waals surface area (Å²) in [6, 6.07) is 0. The molecule has 0 aromatic heterocycles. The van der Waals surface area contributed by atoms with Gasteiger partial charge in [-0.1, -0.05) is 78.1 Å². The second kappa shape index (κ2) is 31.3. The lowest BCUT2D eigenvalue weighted by Crippen LogP contribution is -2.31. The van der Waals surface area contributed by atoms with Crippen molar-refractivity contribution >= 4 is 47.0 Å². The normalized spacial score (nSPS) is 16.6. The maximum Gasteiger partial charge on any atom is 0.168 e. The van der Waals surface area contributed by atoms with Crippen LogP contribution in [0.3, 0.4) is 0 Å². The third kappa shape index (κ3) is 25.2. The minimum Gasteiger partial charge on any atom is -0.385 e. The first-order valence-electron chi connectivity index (χ1n) is 17.4. The predicted octanol–water partition coefficient (Wildman–Crippen LogP) is 11.1. The summed E-state index contributed by atoms with van der Waals surface area (Å²) in [5.74, 6) is 10.4. The fourth-order valence-corrected chi connectivity index (χ4v) is 9.65. The van der Waals surface area contributed by atoms with Gasteiger partial charge in [0.25, 0.3) is 0 Å². The molecule has 1 atom stereocenters. The minimum absolute atomic E-state index is 0.208. The Morgan fingerprint density at radius 3 is 1.41 bits per heavy atom. The summed E-state index contributed by atoms with van der Waals surface area (Å²) in [5.41, 5.74) is 0. The lowest BCUT2D eigenvalue weighted by atomic mass is 9.99. The molecule has 1 saturated heterocycles. The highest BCUT2D eigenvalue weighted by Crippen LogP contribution is 2.35. The number of hydrogen-bond donors (Lipinski definition) is 0. The van der Waals surface area contributed by atoms with E-state index in [2.05, 4.69) is 60.9 Å². The van der Waals surface area contributed by atoms with E-state index in [0.29, 0.717) is 0 Å². The highest BCUT2D eigenvalue weighted by Gasteiger charge is 2.40. The van der Waals surface area contributed by atoms with Crippen molar-refractivity contribution in [1.29, 1.82) is 0 Å². The molecule has 1 rings (SSSR count). The van der Waals surface area contributed by atoms with Gasteiger partial charge < -0.3 is 14.2 Å². The number of hydrogen-bond acceptors (Lipinski definition) is 7. The molecular formula is C34H68O3S4. The zero-order valence-corrected chi connectivity index (χ0v) is 30.7. The Morgan fingerprint density at radius 2 is 0.976 bits per heavy atom. The summed E-state index contributed by atoms with van der Waals surface area (Å²) >= 11 is 8.58. The van der Waals surface area contributed by atoms with Crippen LogP contribution in [0.15, 0.2) is 0 Å². The Hall–Kier alpha value is 1.28. The smallest absolute Gasteiger partial charge is 0.168 e. The molecule has 0 aromatic carbocycles. The third-order valence-electron chi connectivity index (χ3n) is 7.78. The lowest BCUT2D eigenvalue weighted by Gasteiger charge is -2.28. The van der Waals surface area contributed by atoms with Crippen molar-refractivity contribution in [2.75, 3.05) is 66.3 Å². The van der Waals surface area contributed by atoms with E-state index in [4.69, 9.17) is 14.2 Å². The highest BCUT2D eigenvalue weighted by molar-refractivity contribution is 8.03. The van der Waals surface area contributed by atoms with Gasteiger partial charge in [0, 0.05) is 49.6 Å². The fraction of sp³-hybridized carbons (Fsp3) is 1.00. The van der Waals surface area contributed by atoms with Crippen molar-refractivity contribution in [1.82, 2.24) is 0 Å². The van der Waals surface area contributed by atoms with Crippen LogP contribution >= 0.6 is 47.0 Å². The van der Waals surface area contributed by atoms with E-state index in [1.807, 2.05) is 0 Å². The first-order chi connectivity index (χ1) is 20.3. The minimum atomic E-state index is -0.323. The Balaban J connectivity index is 2.07. The van der Waals surface area contributed by atoms with Gasteiger partial charge in [0.2, 0.25) is 0 Å². The van der Waals surface area contributed by atoms with Gasteiger partial charge in [-0.2, -0.15) is 47.0 Å². The van der Waals surface area contributed by atoms with Gasteiger partial charge in [-0.3, -0.25) is 0 Å². The second-order valence-electron chi connectivity index (χ2n) is 11.6. The molecule has 0 bridgehead atoms. The van der Waals surface area contributed by atoms with Crippen LogP contribution in [0.5, 0.6) is 0 Å². The van der Waals surface area contributed by atoms with Crippen LogP contribution in [0.4, 0.5) is 0 Å². The average molecular weight is 653 g/mol. The van der Waals surface area contributed by atoms with Gasteiger partial charge in [0.1, 0.15) is 0 Å². The van der Waals surface area contributed by atoms with E-state index in [0.717, 1.165) is 32.5 Å². The average Bonchev–Trinajstić information content (AvgIpc) is 3.39. The van der Waals surface area contributed by atoms with Crippen LogP contribution in [-0.2, 0) is 14.2 Å². The zero-order valence-electron chi connectivity index (χ0n) is 27.4. The molecule has 1 aliphatic rings. The lowest BCUT2D eigenvalue weighted by molar-refractivity contribution is -0.180. The number of rotatable bonds is 33. The van der Waals surface area contributed by atoms with Gasteiger partial charge in [0.05, 0.1) is 12.7 Å². The molecule has 0 saturated carbocycles. The second-order valence-corrected chi connectivity index (χ2v) is 16.5. The third-order valence-corrected chi connectivity index (χ3v) is 12.6. The largest absolute Gasteiger partial charge is 0.385 e. The summed E-state index contributed by atoms with van der Waals surface area (Å²) in [6.07, 6.45) is 24.8. The van der Waals surface area contributed by atoms with Gasteiger partial charge in [-0.05, 0) is 68.0 Å². The summed E-state index contributed by atoms with van der Waals surface area (Å²) in [4.78, 5) is 0. The van der Waals surface area contributed by atoms with E-state index in [9.17, 15) is 0 Å². The summed E-state index contributed by atoms with van der Waals surface area (Å²) < 4.78 is 18.3. The molecule has 1 aliphatic heterocycles. The highest BCUT2D eigenvalue weighted by atomic mass is 32.2. The van der Waals surface area contributed by atoms with E-state index >= 15 is 0 Å². The molecule has 7 heteroatoms. The first-order valence-corrected chi connectivity index (χ1v) is 22.0. The molecule has 1 heterocycles. The van der Waals surface area contributed by atoms with Crippen molar-refractivity contribution < 1.29 is 14.2 Å². The summed E-state index contributed by atoms with van der Waals surface area (Å²) in [6.45, 7) is 6.07. The molecule has 0 aliphatic carbocycles. The quantitative estimate of drug-likeness (QED) is 0.0651. The monoisotopic (exact) mass is 652 g/mol. The Kier molecular flexibility index (Phi) is 30.7. The molecule has 0 aromatic rings. The molecular weight excluding hydrogens is 585 g/mol. The van der Waals surface area contributed by atoms with E-state index in [1.165, 1.54) is 149 Å². The Labute approximate surface area is 274 Å². The Morgan fingerprint density at radius 1 is 0.561 bits per heavy atom. The molecule has 41 heavy (non-hydrogen) atoms. The predicted molar refractivity (Wildman–Crippen MR) is 194 cm³/mol. The topological polar surface area (TPSA) is 27.7 Å². The molecule has 0 N–H and O–H groups in total. The van der Waals surface area contributed by atoms with Gasteiger partial charge in [0.15, 0.2) is 5.79 Å². The van der Waals surface area contributed by atoms with Crippen molar-refractivity contribution in [3.8, 4) is 0 Å². The number of ether oxygens (including phenoxy) is 3. The van der Waals surface area contributed by atoms with E-state index < -0.39 is 0 Å². The number of thioether (sulfide) groups is 4. The van der Waals surface area contributed by atoms with E-state index in [-0.39, 0.29) is 11.9 Å². The number of methoxy groups -OCH3 is 1. The van der Waals surface area contributed by atoms with Crippen LogP contribution in [-0.4, -0.2) is 78.2 Å². The van der Waals surface area contributed by atoms with Crippen LogP contribution in [0.25, 0.3) is 0 Å². The van der Waals surface area contributed by atoms with Crippen molar-refractivity contribution in [2.24, 2.45) is 0 Å². The van der Waals surface area contributed by atoms with Crippen molar-refractivity contribution in [3.63, 3.8) is 0 Å². The molecule has 0 radical (unpaired) electrons. The van der Waals surface area contributed by atoms with Crippen molar-refractivity contribution in [3.05, 3.63) is 0 Å². The molecule has 1 fully saturated rings. The van der Waals surface area contributed by atoms with E-state index in [1.54, 1.807) is 7.11 Å². The summed E-state index contributed by atoms with van der Waals surface area (Å²) in [7, 11) is 1.78. The standard InChI is InChI=1S/C34H68O3S4/c1-4-6-24-38-28-30-40-26-18-14-10-8-12-16-21-34(36-32-33(37-34)20-23-35-3)22-17-13-9-11-15-19-27-41-31-29-39-25-7-5-2/h33H,4-32H2,1-3H3. The van der Waals surface area contributed by atoms with Crippen LogP contribution < -0.4 is 0 Å². The number of unbranched alkanes of at least 4 members (excludes halogenated alkanes) is 12. The van der Waals surface area contributed by atoms with Gasteiger partial charge in [-0.15, -0.1) is 0 Å². The molecule has 246 valence electrons. The SMILES string of the molecule is CCCCSCCSCCCCCCCCC1(CCCCCCCCSCCSCCCC)OCC(CCOC)O1. The molecule has 0 amide bonds. The fourth-order valence-electron chi connectivity index (χ4n) is 5.14. The van der Waals surface area contributed by atoms with Crippen LogP contribution in [0, 0.1) is 0 Å². The first kappa shape index (κ1) is 40.3. The maximum atomic E-state index is 6.57.